The van der Waals surface area contributed by atoms with Crippen molar-refractivity contribution in [2.45, 2.75) is 37.5 Å². The molecule has 0 saturated carbocycles. The molecule has 1 aliphatic rings. The first-order chi connectivity index (χ1) is 13.8. The fraction of sp³-hybridized carbons (Fsp3) is 0.364. The monoisotopic (exact) mass is 412 g/mol. The Bertz CT molecular complexity index is 1020. The zero-order valence-electron chi connectivity index (χ0n) is 16.5. The standard InChI is InChI=1S/C22H24N2O4S/c1-16(2)17-7-9-20(10-8-17)28-22(25)18-11-13-24(14-12-18)29(26,27)21-6-4-3-5-19(21)15-23/h3-10,16,18H,11-14H2,1-2H3. The van der Waals surface area contributed by atoms with Crippen molar-refractivity contribution in [2.75, 3.05) is 13.1 Å². The van der Waals surface area contributed by atoms with Crippen molar-refractivity contribution in [1.29, 1.82) is 5.26 Å². The number of nitriles is 1. The molecule has 152 valence electrons. The van der Waals surface area contributed by atoms with Gasteiger partial charge in [0.2, 0.25) is 10.0 Å². The number of benzene rings is 2. The lowest BCUT2D eigenvalue weighted by molar-refractivity contribution is -0.140. The van der Waals surface area contributed by atoms with E-state index < -0.39 is 10.0 Å². The van der Waals surface area contributed by atoms with E-state index in [1.807, 2.05) is 18.2 Å². The molecule has 1 heterocycles. The molecule has 2 aromatic carbocycles. The van der Waals surface area contributed by atoms with Crippen molar-refractivity contribution >= 4 is 16.0 Å². The minimum absolute atomic E-state index is 0.00812. The van der Waals surface area contributed by atoms with Crippen LogP contribution in [0.3, 0.4) is 0 Å². The Morgan fingerprint density at radius 2 is 1.72 bits per heavy atom. The van der Waals surface area contributed by atoms with Gasteiger partial charge in [-0.05, 0) is 48.6 Å². The predicted molar refractivity (Wildman–Crippen MR) is 109 cm³/mol. The lowest BCUT2D eigenvalue weighted by Crippen LogP contribution is -2.41. The number of hydrogen-bond donors (Lipinski definition) is 0. The van der Waals surface area contributed by atoms with E-state index in [0.29, 0.717) is 24.5 Å². The number of rotatable bonds is 5. The van der Waals surface area contributed by atoms with Crippen LogP contribution in [0.1, 0.15) is 43.7 Å². The number of carbonyl (C=O) groups is 1. The van der Waals surface area contributed by atoms with E-state index >= 15 is 0 Å². The fourth-order valence-corrected chi connectivity index (χ4v) is 4.99. The van der Waals surface area contributed by atoms with E-state index in [2.05, 4.69) is 13.8 Å². The summed E-state index contributed by atoms with van der Waals surface area (Å²) in [6, 6.07) is 15.5. The number of nitrogens with zero attached hydrogens (tertiary/aromatic N) is 2. The van der Waals surface area contributed by atoms with E-state index in [9.17, 15) is 18.5 Å². The van der Waals surface area contributed by atoms with Crippen LogP contribution in [0.5, 0.6) is 5.75 Å². The van der Waals surface area contributed by atoms with Crippen LogP contribution in [0.4, 0.5) is 0 Å². The molecule has 0 radical (unpaired) electrons. The average molecular weight is 413 g/mol. The van der Waals surface area contributed by atoms with Gasteiger partial charge in [0.05, 0.1) is 16.4 Å². The smallest absolute Gasteiger partial charge is 0.314 e. The zero-order chi connectivity index (χ0) is 21.0. The highest BCUT2D eigenvalue weighted by Crippen LogP contribution is 2.27. The molecule has 0 aromatic heterocycles. The third kappa shape index (κ3) is 4.66. The second-order valence-electron chi connectivity index (χ2n) is 7.43. The van der Waals surface area contributed by atoms with Crippen LogP contribution in [-0.2, 0) is 14.8 Å². The summed E-state index contributed by atoms with van der Waals surface area (Å²) in [5.41, 5.74) is 1.29. The molecule has 0 aliphatic carbocycles. The Hall–Kier alpha value is -2.69. The lowest BCUT2D eigenvalue weighted by atomic mass is 9.98. The maximum Gasteiger partial charge on any atom is 0.314 e. The van der Waals surface area contributed by atoms with Crippen LogP contribution < -0.4 is 4.74 Å². The Labute approximate surface area is 171 Å². The van der Waals surface area contributed by atoms with Gasteiger partial charge in [0.15, 0.2) is 0 Å². The van der Waals surface area contributed by atoms with Crippen LogP contribution in [0.2, 0.25) is 0 Å². The number of piperidine rings is 1. The van der Waals surface area contributed by atoms with Gasteiger partial charge in [-0.25, -0.2) is 8.42 Å². The van der Waals surface area contributed by atoms with Gasteiger partial charge in [0.1, 0.15) is 11.8 Å². The lowest BCUT2D eigenvalue weighted by Gasteiger charge is -2.30. The molecular formula is C22H24N2O4S. The van der Waals surface area contributed by atoms with Gasteiger partial charge in [-0.15, -0.1) is 0 Å². The number of hydrogen-bond acceptors (Lipinski definition) is 5. The highest BCUT2D eigenvalue weighted by Gasteiger charge is 2.34. The quantitative estimate of drug-likeness (QED) is 0.552. The summed E-state index contributed by atoms with van der Waals surface area (Å²) in [5, 5.41) is 9.19. The van der Waals surface area contributed by atoms with Gasteiger partial charge >= 0.3 is 5.97 Å². The topological polar surface area (TPSA) is 87.5 Å². The minimum atomic E-state index is -3.77. The first-order valence-corrected chi connectivity index (χ1v) is 11.1. The Kier molecular flexibility index (Phi) is 6.36. The van der Waals surface area contributed by atoms with E-state index in [1.165, 1.54) is 22.0 Å². The molecule has 1 fully saturated rings. The largest absolute Gasteiger partial charge is 0.426 e. The maximum atomic E-state index is 12.9. The Balaban J connectivity index is 1.62. The van der Waals surface area contributed by atoms with Gasteiger partial charge < -0.3 is 4.74 Å². The fourth-order valence-electron chi connectivity index (χ4n) is 3.38. The van der Waals surface area contributed by atoms with E-state index in [0.717, 1.165) is 0 Å². The van der Waals surface area contributed by atoms with Crippen LogP contribution >= 0.6 is 0 Å². The van der Waals surface area contributed by atoms with Crippen molar-refractivity contribution in [2.24, 2.45) is 5.92 Å². The van der Waals surface area contributed by atoms with Gasteiger partial charge in [0, 0.05) is 13.1 Å². The van der Waals surface area contributed by atoms with E-state index in [4.69, 9.17) is 4.74 Å². The molecule has 0 amide bonds. The van der Waals surface area contributed by atoms with Crippen molar-refractivity contribution in [1.82, 2.24) is 4.31 Å². The van der Waals surface area contributed by atoms with Gasteiger partial charge in [0.25, 0.3) is 0 Å². The Morgan fingerprint density at radius 1 is 1.10 bits per heavy atom. The van der Waals surface area contributed by atoms with Crippen molar-refractivity contribution < 1.29 is 17.9 Å². The third-order valence-electron chi connectivity index (χ3n) is 5.18. The highest BCUT2D eigenvalue weighted by molar-refractivity contribution is 7.89. The predicted octanol–water partition coefficient (Wildman–Crippen LogP) is 3.69. The summed E-state index contributed by atoms with van der Waals surface area (Å²) in [7, 11) is -3.77. The van der Waals surface area contributed by atoms with E-state index in [1.54, 1.807) is 24.3 Å². The highest BCUT2D eigenvalue weighted by atomic mass is 32.2. The molecule has 29 heavy (non-hydrogen) atoms. The summed E-state index contributed by atoms with van der Waals surface area (Å²) < 4.78 is 32.6. The summed E-state index contributed by atoms with van der Waals surface area (Å²) in [4.78, 5) is 12.5. The van der Waals surface area contributed by atoms with Crippen molar-refractivity contribution in [3.63, 3.8) is 0 Å². The minimum Gasteiger partial charge on any atom is -0.426 e. The SMILES string of the molecule is CC(C)c1ccc(OC(=O)C2CCN(S(=O)(=O)c3ccccc3C#N)CC2)cc1. The van der Waals surface area contributed by atoms with Gasteiger partial charge in [-0.1, -0.05) is 38.1 Å². The first-order valence-electron chi connectivity index (χ1n) is 9.64. The molecule has 7 heteroatoms. The number of ether oxygens (including phenoxy) is 1. The van der Waals surface area contributed by atoms with Crippen LogP contribution in [0.15, 0.2) is 53.4 Å². The number of sulfonamides is 1. The molecule has 3 rings (SSSR count). The molecular weight excluding hydrogens is 388 g/mol. The molecule has 6 nitrogen and oxygen atoms in total. The molecule has 1 aliphatic heterocycles. The van der Waals surface area contributed by atoms with Crippen molar-refractivity contribution in [3.8, 4) is 11.8 Å². The van der Waals surface area contributed by atoms with Crippen LogP contribution in [0, 0.1) is 17.2 Å². The number of carbonyl (C=O) groups excluding carboxylic acids is 1. The maximum absolute atomic E-state index is 12.9. The average Bonchev–Trinajstić information content (AvgIpc) is 2.74. The first kappa shape index (κ1) is 21.0. The molecule has 1 saturated heterocycles. The third-order valence-corrected chi connectivity index (χ3v) is 7.13. The molecule has 0 N–H and O–H groups in total. The normalized spacial score (nSPS) is 15.8. The van der Waals surface area contributed by atoms with Gasteiger partial charge in [-0.3, -0.25) is 4.79 Å². The van der Waals surface area contributed by atoms with Crippen LogP contribution in [-0.4, -0.2) is 31.8 Å². The molecule has 0 atom stereocenters. The van der Waals surface area contributed by atoms with Crippen molar-refractivity contribution in [3.05, 3.63) is 59.7 Å². The van der Waals surface area contributed by atoms with Gasteiger partial charge in [-0.2, -0.15) is 9.57 Å². The summed E-state index contributed by atoms with van der Waals surface area (Å²) in [6.45, 7) is 4.62. The molecule has 2 aromatic rings. The summed E-state index contributed by atoms with van der Waals surface area (Å²) in [6.07, 6.45) is 0.772. The molecule has 0 bridgehead atoms. The van der Waals surface area contributed by atoms with Crippen LogP contribution in [0.25, 0.3) is 0 Å². The second kappa shape index (κ2) is 8.76. The van der Waals surface area contributed by atoms with E-state index in [-0.39, 0.29) is 35.4 Å². The molecule has 0 unspecified atom stereocenters. The summed E-state index contributed by atoms with van der Waals surface area (Å²) >= 11 is 0. The second-order valence-corrected chi connectivity index (χ2v) is 9.34. The number of esters is 1. The molecule has 0 spiro atoms. The Morgan fingerprint density at radius 3 is 2.31 bits per heavy atom. The zero-order valence-corrected chi connectivity index (χ0v) is 17.4. The summed E-state index contributed by atoms with van der Waals surface area (Å²) in [5.74, 6) is 0.212.